The molecule has 140 valence electrons. The van der Waals surface area contributed by atoms with Crippen LogP contribution in [-0.4, -0.2) is 9.97 Å². The molecule has 9 heteroatoms. The van der Waals surface area contributed by atoms with Gasteiger partial charge in [-0.25, -0.2) is 9.78 Å². The summed E-state index contributed by atoms with van der Waals surface area (Å²) in [4.78, 5) is 29.1. The Balaban J connectivity index is 1.69. The third-order valence-electron chi connectivity index (χ3n) is 4.42. The van der Waals surface area contributed by atoms with E-state index >= 15 is 0 Å². The third-order valence-corrected chi connectivity index (χ3v) is 5.34. The number of nitrogens with one attached hydrogen (secondary N) is 1. The molecule has 0 atom stereocenters. The van der Waals surface area contributed by atoms with Gasteiger partial charge in [0.1, 0.15) is 5.58 Å². The van der Waals surface area contributed by atoms with E-state index in [0.717, 1.165) is 42.0 Å². The lowest BCUT2D eigenvalue weighted by atomic mass is 10.0. The van der Waals surface area contributed by atoms with Crippen molar-refractivity contribution >= 4 is 22.7 Å². The fourth-order valence-electron chi connectivity index (χ4n) is 3.21. The van der Waals surface area contributed by atoms with Crippen molar-refractivity contribution in [2.45, 2.75) is 36.3 Å². The largest absolute Gasteiger partial charge is 0.433 e. The van der Waals surface area contributed by atoms with Crippen LogP contribution in [0.1, 0.15) is 28.8 Å². The molecular weight excluding hydrogens is 381 g/mol. The van der Waals surface area contributed by atoms with E-state index in [1.165, 1.54) is 11.6 Å². The summed E-state index contributed by atoms with van der Waals surface area (Å²) in [5.41, 5.74) is 0.776. The fourth-order valence-corrected chi connectivity index (χ4v) is 4.08. The Hall–Kier alpha value is -2.55. The van der Waals surface area contributed by atoms with Crippen LogP contribution in [0.15, 0.2) is 43.4 Å². The molecule has 0 aliphatic heterocycles. The number of halogens is 3. The van der Waals surface area contributed by atoms with E-state index in [2.05, 4.69) is 9.97 Å². The molecule has 0 spiro atoms. The molecule has 0 bridgehead atoms. The van der Waals surface area contributed by atoms with Crippen LogP contribution in [0.5, 0.6) is 0 Å². The van der Waals surface area contributed by atoms with E-state index in [9.17, 15) is 22.8 Å². The number of alkyl halides is 3. The van der Waals surface area contributed by atoms with Crippen LogP contribution >= 0.6 is 11.8 Å². The summed E-state index contributed by atoms with van der Waals surface area (Å²) in [6, 6.07) is 5.57. The minimum Gasteiger partial charge on any atom is -0.423 e. The molecule has 5 nitrogen and oxygen atoms in total. The number of H-pyrrole nitrogens is 1. The van der Waals surface area contributed by atoms with Gasteiger partial charge < -0.3 is 9.40 Å². The predicted molar refractivity (Wildman–Crippen MR) is 93.9 cm³/mol. The zero-order valence-corrected chi connectivity index (χ0v) is 14.7. The SMILES string of the molecule is O=c1cc(C(F)(F)F)nc(SCc2cc(=O)oc3cc4c(cc23)CCC4)[nH]1. The van der Waals surface area contributed by atoms with Gasteiger partial charge >= 0.3 is 11.8 Å². The summed E-state index contributed by atoms with van der Waals surface area (Å²) >= 11 is 0.928. The topological polar surface area (TPSA) is 76.0 Å². The Bertz CT molecular complexity index is 1150. The van der Waals surface area contributed by atoms with Crippen LogP contribution in [0.3, 0.4) is 0 Å². The zero-order chi connectivity index (χ0) is 19.2. The maximum absolute atomic E-state index is 12.8. The van der Waals surface area contributed by atoms with E-state index in [0.29, 0.717) is 17.2 Å². The highest BCUT2D eigenvalue weighted by molar-refractivity contribution is 7.98. The second kappa shape index (κ2) is 6.56. The third kappa shape index (κ3) is 3.64. The van der Waals surface area contributed by atoms with Crippen molar-refractivity contribution < 1.29 is 17.6 Å². The highest BCUT2D eigenvalue weighted by Crippen LogP contribution is 2.31. The number of nitrogens with zero attached hydrogens (tertiary/aromatic N) is 1. The Kier molecular flexibility index (Phi) is 4.33. The van der Waals surface area contributed by atoms with Crippen LogP contribution in [0.4, 0.5) is 13.2 Å². The van der Waals surface area contributed by atoms with Gasteiger partial charge in [0.05, 0.1) is 0 Å². The van der Waals surface area contributed by atoms with Crippen molar-refractivity contribution in [3.05, 3.63) is 67.4 Å². The van der Waals surface area contributed by atoms with Crippen molar-refractivity contribution in [3.63, 3.8) is 0 Å². The molecule has 1 N–H and O–H groups in total. The number of aromatic nitrogens is 2. The average Bonchev–Trinajstić information content (AvgIpc) is 3.04. The standard InChI is InChI=1S/C18H13F3N2O3S/c19-18(20,21)14-7-15(24)23-17(22-14)27-8-11-6-16(25)26-13-5-10-3-1-2-9(10)4-12(11)13/h4-7H,1-3,8H2,(H,22,23,24). The van der Waals surface area contributed by atoms with Gasteiger partial charge in [-0.1, -0.05) is 11.8 Å². The summed E-state index contributed by atoms with van der Waals surface area (Å²) in [6.07, 6.45) is -1.79. The number of rotatable bonds is 3. The zero-order valence-electron chi connectivity index (χ0n) is 13.9. The predicted octanol–water partition coefficient (Wildman–Crippen LogP) is 3.68. The van der Waals surface area contributed by atoms with Crippen molar-refractivity contribution in [2.24, 2.45) is 0 Å². The monoisotopic (exact) mass is 394 g/mol. The molecule has 0 saturated heterocycles. The van der Waals surface area contributed by atoms with Gasteiger partial charge in [-0.15, -0.1) is 0 Å². The quantitative estimate of drug-likeness (QED) is 0.417. The normalized spacial score (nSPS) is 13.9. The number of benzene rings is 1. The summed E-state index contributed by atoms with van der Waals surface area (Å²) in [5, 5.41) is 0.592. The van der Waals surface area contributed by atoms with Gasteiger partial charge in [0.25, 0.3) is 5.56 Å². The molecule has 1 aromatic carbocycles. The molecule has 2 aromatic heterocycles. The lowest BCUT2D eigenvalue weighted by molar-refractivity contribution is -0.141. The lowest BCUT2D eigenvalue weighted by Gasteiger charge is -2.09. The van der Waals surface area contributed by atoms with Gasteiger partial charge in [0, 0.05) is 23.3 Å². The molecule has 0 amide bonds. The minimum atomic E-state index is -4.70. The first-order valence-corrected chi connectivity index (χ1v) is 9.18. The van der Waals surface area contributed by atoms with E-state index in [1.807, 2.05) is 12.1 Å². The van der Waals surface area contributed by atoms with Gasteiger partial charge in [-0.05, 0) is 48.1 Å². The average molecular weight is 394 g/mol. The number of aryl methyl sites for hydroxylation is 2. The lowest BCUT2D eigenvalue weighted by Crippen LogP contribution is -2.16. The molecule has 27 heavy (non-hydrogen) atoms. The van der Waals surface area contributed by atoms with Crippen LogP contribution in [0.2, 0.25) is 0 Å². The van der Waals surface area contributed by atoms with E-state index in [1.54, 1.807) is 0 Å². The second-order valence-corrected chi connectivity index (χ2v) is 7.25. The molecular formula is C18H13F3N2O3S. The summed E-state index contributed by atoms with van der Waals surface area (Å²) in [5.74, 6) is 0.172. The Morgan fingerprint density at radius 1 is 1.11 bits per heavy atom. The molecule has 1 aliphatic carbocycles. The van der Waals surface area contributed by atoms with Crippen molar-refractivity contribution in [2.75, 3.05) is 0 Å². The first-order valence-electron chi connectivity index (χ1n) is 8.19. The molecule has 4 rings (SSSR count). The fraction of sp³-hybridized carbons (Fsp3) is 0.278. The minimum absolute atomic E-state index is 0.155. The Morgan fingerprint density at radius 3 is 2.59 bits per heavy atom. The smallest absolute Gasteiger partial charge is 0.423 e. The number of hydrogen-bond acceptors (Lipinski definition) is 5. The first kappa shape index (κ1) is 17.8. The van der Waals surface area contributed by atoms with Crippen LogP contribution in [0, 0.1) is 0 Å². The van der Waals surface area contributed by atoms with Gasteiger partial charge in [0.2, 0.25) is 0 Å². The molecule has 0 radical (unpaired) electrons. The van der Waals surface area contributed by atoms with Crippen LogP contribution in [-0.2, 0) is 24.8 Å². The number of thioether (sulfide) groups is 1. The van der Waals surface area contributed by atoms with Crippen LogP contribution < -0.4 is 11.2 Å². The number of hydrogen-bond donors (Lipinski definition) is 1. The maximum atomic E-state index is 12.8. The van der Waals surface area contributed by atoms with Crippen LogP contribution in [0.25, 0.3) is 11.0 Å². The summed E-state index contributed by atoms with van der Waals surface area (Å²) < 4.78 is 43.7. The Morgan fingerprint density at radius 2 is 1.85 bits per heavy atom. The van der Waals surface area contributed by atoms with E-state index < -0.39 is 23.1 Å². The summed E-state index contributed by atoms with van der Waals surface area (Å²) in [6.45, 7) is 0. The van der Waals surface area contributed by atoms with Gasteiger partial charge in [-0.2, -0.15) is 13.2 Å². The highest BCUT2D eigenvalue weighted by Gasteiger charge is 2.33. The van der Waals surface area contributed by atoms with Crippen molar-refractivity contribution in [1.82, 2.24) is 9.97 Å². The summed E-state index contributed by atoms with van der Waals surface area (Å²) in [7, 11) is 0. The maximum Gasteiger partial charge on any atom is 0.433 e. The molecule has 3 aromatic rings. The highest BCUT2D eigenvalue weighted by atomic mass is 32.2. The molecule has 2 heterocycles. The van der Waals surface area contributed by atoms with Gasteiger partial charge in [-0.3, -0.25) is 4.79 Å². The van der Waals surface area contributed by atoms with Gasteiger partial charge in [0.15, 0.2) is 10.9 Å². The first-order chi connectivity index (χ1) is 12.8. The Labute approximate surface area is 154 Å². The number of fused-ring (bicyclic) bond motifs is 2. The van der Waals surface area contributed by atoms with Crippen molar-refractivity contribution in [1.29, 1.82) is 0 Å². The van der Waals surface area contributed by atoms with Crippen molar-refractivity contribution in [3.8, 4) is 0 Å². The second-order valence-electron chi connectivity index (χ2n) is 6.28. The molecule has 0 saturated carbocycles. The molecule has 0 fully saturated rings. The van der Waals surface area contributed by atoms with E-state index in [4.69, 9.17) is 4.42 Å². The molecule has 0 unspecified atom stereocenters. The number of aromatic amines is 1. The molecule has 1 aliphatic rings. The van der Waals surface area contributed by atoms with E-state index in [-0.39, 0.29) is 10.9 Å².